The summed E-state index contributed by atoms with van der Waals surface area (Å²) in [5.41, 5.74) is 2.18. The number of piperidine rings is 1. The van der Waals surface area contributed by atoms with Crippen LogP contribution < -0.4 is 4.72 Å². The minimum atomic E-state index is -3.48. The van der Waals surface area contributed by atoms with Gasteiger partial charge in [-0.3, -0.25) is 4.79 Å². The number of rotatable bonds is 5. The number of aryl methyl sites for hydroxylation is 1. The fourth-order valence-corrected chi connectivity index (χ4v) is 5.73. The number of carbonyl (C=O) groups is 1. The van der Waals surface area contributed by atoms with Crippen molar-refractivity contribution >= 4 is 38.3 Å². The molecular formula is C18H21N5O3S2. The number of hydrogen-bond acceptors (Lipinski definition) is 6. The van der Waals surface area contributed by atoms with Crippen LogP contribution in [0.3, 0.4) is 0 Å². The number of nitrogens with one attached hydrogen (secondary N) is 1. The highest BCUT2D eigenvalue weighted by Crippen LogP contribution is 2.21. The topological polar surface area (TPSA) is 97.2 Å². The van der Waals surface area contributed by atoms with E-state index < -0.39 is 10.0 Å². The van der Waals surface area contributed by atoms with Gasteiger partial charge in [0.1, 0.15) is 9.73 Å². The van der Waals surface area contributed by atoms with Gasteiger partial charge in [-0.25, -0.2) is 17.8 Å². The fraction of sp³-hybridized carbons (Fsp3) is 0.389. The number of aromatic nitrogens is 3. The molecule has 0 atom stereocenters. The maximum absolute atomic E-state index is 12.8. The lowest BCUT2D eigenvalue weighted by Crippen LogP contribution is -2.46. The molecule has 3 heterocycles. The maximum Gasteiger partial charge on any atom is 0.253 e. The Morgan fingerprint density at radius 2 is 2.07 bits per heavy atom. The second kappa shape index (κ2) is 7.61. The molecule has 0 saturated carbocycles. The van der Waals surface area contributed by atoms with Crippen molar-refractivity contribution in [3.05, 3.63) is 41.3 Å². The van der Waals surface area contributed by atoms with Crippen LogP contribution in [0.5, 0.6) is 0 Å². The van der Waals surface area contributed by atoms with Crippen LogP contribution in [0, 0.1) is 0 Å². The smallest absolute Gasteiger partial charge is 0.253 e. The molecular weight excluding hydrogens is 398 g/mol. The summed E-state index contributed by atoms with van der Waals surface area (Å²) in [4.78, 5) is 14.6. The van der Waals surface area contributed by atoms with Crippen LogP contribution in [-0.4, -0.2) is 53.4 Å². The van der Waals surface area contributed by atoms with Gasteiger partial charge >= 0.3 is 0 Å². The highest BCUT2D eigenvalue weighted by atomic mass is 32.2. The number of benzene rings is 1. The predicted molar refractivity (Wildman–Crippen MR) is 107 cm³/mol. The Labute approximate surface area is 167 Å². The van der Waals surface area contributed by atoms with Crippen molar-refractivity contribution in [2.45, 2.75) is 36.6 Å². The van der Waals surface area contributed by atoms with Crippen LogP contribution in [0.1, 0.15) is 30.1 Å². The molecule has 0 bridgehead atoms. The molecule has 1 aromatic carbocycles. The van der Waals surface area contributed by atoms with Gasteiger partial charge in [-0.2, -0.15) is 0 Å². The normalized spacial score (nSPS) is 16.0. The van der Waals surface area contributed by atoms with E-state index in [1.54, 1.807) is 39.2 Å². The zero-order valence-corrected chi connectivity index (χ0v) is 17.0. The summed E-state index contributed by atoms with van der Waals surface area (Å²) < 4.78 is 29.6. The predicted octanol–water partition coefficient (Wildman–Crippen LogP) is 2.10. The first-order valence-corrected chi connectivity index (χ1v) is 11.5. The first kappa shape index (κ1) is 19.0. The zero-order valence-electron chi connectivity index (χ0n) is 15.4. The molecule has 1 aliphatic rings. The minimum Gasteiger partial charge on any atom is -0.339 e. The number of fused-ring (bicyclic) bond motifs is 1. The van der Waals surface area contributed by atoms with Crippen LogP contribution in [0.15, 0.2) is 39.9 Å². The summed E-state index contributed by atoms with van der Waals surface area (Å²) in [6, 6.07) is 8.58. The Balaban J connectivity index is 1.40. The van der Waals surface area contributed by atoms with Gasteiger partial charge in [0.05, 0.1) is 5.52 Å². The summed E-state index contributed by atoms with van der Waals surface area (Å²) in [6.07, 6.45) is 1.18. The van der Waals surface area contributed by atoms with Gasteiger partial charge < -0.3 is 4.90 Å². The summed E-state index contributed by atoms with van der Waals surface area (Å²) in [5, 5.41) is 9.93. The molecule has 4 rings (SSSR count). The van der Waals surface area contributed by atoms with Crippen molar-refractivity contribution in [2.75, 3.05) is 13.1 Å². The molecule has 3 aromatic rings. The van der Waals surface area contributed by atoms with Crippen molar-refractivity contribution in [3.63, 3.8) is 0 Å². The molecule has 0 unspecified atom stereocenters. The van der Waals surface area contributed by atoms with Crippen LogP contribution in [0.25, 0.3) is 11.0 Å². The van der Waals surface area contributed by atoms with E-state index in [-0.39, 0.29) is 11.9 Å². The van der Waals surface area contributed by atoms with Crippen LogP contribution in [-0.2, 0) is 16.6 Å². The minimum absolute atomic E-state index is 0.0625. The molecule has 148 valence electrons. The third-order valence-electron chi connectivity index (χ3n) is 4.92. The van der Waals surface area contributed by atoms with Gasteiger partial charge in [0.2, 0.25) is 10.0 Å². The molecule has 10 heteroatoms. The van der Waals surface area contributed by atoms with Crippen molar-refractivity contribution in [1.82, 2.24) is 24.6 Å². The Bertz CT molecular complexity index is 1080. The first-order valence-electron chi connectivity index (χ1n) is 9.16. The standard InChI is InChI=1S/C18H21N5O3S2/c1-2-23-16-6-5-13(12-15(16)19-21-23)18(24)22-9-7-14(8-10-22)20-28(25,26)17-4-3-11-27-17/h3-6,11-12,14,20H,2,7-10H2,1H3. The van der Waals surface area contributed by atoms with Gasteiger partial charge in [-0.15, -0.1) is 16.4 Å². The van der Waals surface area contributed by atoms with Crippen molar-refractivity contribution < 1.29 is 13.2 Å². The number of nitrogens with zero attached hydrogens (tertiary/aromatic N) is 4. The molecule has 2 aromatic heterocycles. The lowest BCUT2D eigenvalue weighted by molar-refractivity contribution is 0.0711. The Morgan fingerprint density at radius 1 is 1.29 bits per heavy atom. The van der Waals surface area contributed by atoms with E-state index in [2.05, 4.69) is 15.0 Å². The van der Waals surface area contributed by atoms with Crippen molar-refractivity contribution in [3.8, 4) is 0 Å². The molecule has 1 fully saturated rings. The fourth-order valence-electron chi connectivity index (χ4n) is 3.42. The molecule has 0 radical (unpaired) electrons. The number of likely N-dealkylation sites (tertiary alicyclic amines) is 1. The third kappa shape index (κ3) is 3.67. The van der Waals surface area contributed by atoms with E-state index in [4.69, 9.17) is 0 Å². The third-order valence-corrected chi connectivity index (χ3v) is 7.84. The number of sulfonamides is 1. The molecule has 1 aliphatic heterocycles. The monoisotopic (exact) mass is 419 g/mol. The lowest BCUT2D eigenvalue weighted by Gasteiger charge is -2.32. The summed E-state index contributed by atoms with van der Waals surface area (Å²) in [6.45, 7) is 3.73. The van der Waals surface area contributed by atoms with E-state index >= 15 is 0 Å². The second-order valence-electron chi connectivity index (χ2n) is 6.73. The average Bonchev–Trinajstić information content (AvgIpc) is 3.37. The molecule has 0 spiro atoms. The molecule has 1 saturated heterocycles. The summed E-state index contributed by atoms with van der Waals surface area (Å²) in [7, 11) is -3.48. The highest BCUT2D eigenvalue weighted by Gasteiger charge is 2.27. The van der Waals surface area contributed by atoms with E-state index in [9.17, 15) is 13.2 Å². The molecule has 0 aliphatic carbocycles. The Kier molecular flexibility index (Phi) is 5.17. The van der Waals surface area contributed by atoms with E-state index in [0.717, 1.165) is 12.1 Å². The molecule has 8 nitrogen and oxygen atoms in total. The number of thiophene rings is 1. The van der Waals surface area contributed by atoms with Crippen LogP contribution >= 0.6 is 11.3 Å². The maximum atomic E-state index is 12.8. The van der Waals surface area contributed by atoms with Gasteiger partial charge in [-0.05, 0) is 49.4 Å². The SMILES string of the molecule is CCn1nnc2cc(C(=O)N3CCC(NS(=O)(=O)c4cccs4)CC3)ccc21. The van der Waals surface area contributed by atoms with Crippen molar-refractivity contribution in [2.24, 2.45) is 0 Å². The number of amides is 1. The Hall–Kier alpha value is -2.30. The van der Waals surface area contributed by atoms with Crippen LogP contribution in [0.4, 0.5) is 0 Å². The van der Waals surface area contributed by atoms with E-state index in [1.807, 2.05) is 13.0 Å². The first-order chi connectivity index (χ1) is 13.5. The van der Waals surface area contributed by atoms with E-state index in [0.29, 0.717) is 41.2 Å². The quantitative estimate of drug-likeness (QED) is 0.683. The lowest BCUT2D eigenvalue weighted by atomic mass is 10.0. The van der Waals surface area contributed by atoms with E-state index in [1.165, 1.54) is 11.3 Å². The second-order valence-corrected chi connectivity index (χ2v) is 9.62. The zero-order chi connectivity index (χ0) is 19.7. The highest BCUT2D eigenvalue weighted by molar-refractivity contribution is 7.91. The largest absolute Gasteiger partial charge is 0.339 e. The molecule has 28 heavy (non-hydrogen) atoms. The number of carbonyl (C=O) groups excluding carboxylic acids is 1. The van der Waals surface area contributed by atoms with Crippen LogP contribution in [0.2, 0.25) is 0 Å². The van der Waals surface area contributed by atoms with Crippen molar-refractivity contribution in [1.29, 1.82) is 0 Å². The van der Waals surface area contributed by atoms with Gasteiger partial charge in [0, 0.05) is 31.2 Å². The molecule has 1 N–H and O–H groups in total. The Morgan fingerprint density at radius 3 is 2.75 bits per heavy atom. The van der Waals surface area contributed by atoms with Gasteiger partial charge in [-0.1, -0.05) is 11.3 Å². The van der Waals surface area contributed by atoms with Gasteiger partial charge in [0.15, 0.2) is 0 Å². The summed E-state index contributed by atoms with van der Waals surface area (Å²) in [5.74, 6) is -0.0625. The average molecular weight is 420 g/mol. The van der Waals surface area contributed by atoms with Gasteiger partial charge in [0.25, 0.3) is 5.91 Å². The number of hydrogen-bond donors (Lipinski definition) is 1. The molecule has 1 amide bonds. The summed E-state index contributed by atoms with van der Waals surface area (Å²) >= 11 is 1.20.